The van der Waals surface area contributed by atoms with Crippen molar-refractivity contribution in [2.24, 2.45) is 11.8 Å². The van der Waals surface area contributed by atoms with E-state index < -0.39 is 89.8 Å². The summed E-state index contributed by atoms with van der Waals surface area (Å²) in [5.74, 6) is -8.61. The zero-order valence-electron chi connectivity index (χ0n) is 37.5. The summed E-state index contributed by atoms with van der Waals surface area (Å²) in [7, 11) is 1.31. The summed E-state index contributed by atoms with van der Waals surface area (Å²) in [4.78, 5) is 110. The van der Waals surface area contributed by atoms with Crippen LogP contribution in [-0.2, 0) is 71.5 Å². The van der Waals surface area contributed by atoms with Crippen LogP contribution >= 0.6 is 0 Å². The van der Waals surface area contributed by atoms with E-state index in [0.29, 0.717) is 24.8 Å². The zero-order chi connectivity index (χ0) is 50.8. The number of carboxylic acids is 3. The first-order chi connectivity index (χ1) is 31.0. The highest BCUT2D eigenvalue weighted by Gasteiger charge is 2.37. The molecule has 1 aliphatic rings. The second kappa shape index (κ2) is 35.2. The van der Waals surface area contributed by atoms with E-state index in [4.69, 9.17) is 39.0 Å². The lowest BCUT2D eigenvalue weighted by Gasteiger charge is -2.27. The molecule has 21 nitrogen and oxygen atoms in total. The van der Waals surface area contributed by atoms with Crippen LogP contribution in [0.3, 0.4) is 0 Å². The number of esters is 7. The Morgan fingerprint density at radius 1 is 0.712 bits per heavy atom. The highest BCUT2D eigenvalue weighted by atomic mass is 16.6. The second-order valence-electron chi connectivity index (χ2n) is 13.8. The Bertz CT molecular complexity index is 1830. The Labute approximate surface area is 382 Å². The van der Waals surface area contributed by atoms with Gasteiger partial charge >= 0.3 is 59.7 Å². The fourth-order valence-corrected chi connectivity index (χ4v) is 4.94. The van der Waals surface area contributed by atoms with Crippen LogP contribution in [0.25, 0.3) is 0 Å². The highest BCUT2D eigenvalue weighted by molar-refractivity contribution is 6.02. The molecule has 0 radical (unpaired) electrons. The monoisotopic (exact) mass is 936 g/mol. The minimum atomic E-state index is -1.23. The molecule has 0 heterocycles. The fraction of sp³-hybridized carbons (Fsp3) is 0.467. The SMILES string of the molecule is C=C(C)C(=O)OCCCC(O)COC(=O)c1ccccc1C(=O)O.C=CC(=O)OC.C=CC(=O)OC(C)COC(=O)C1CCCCC1C(=O)O.C=CC(=O)OC(C)COC(=O)CCC(=O)O. The molecule has 0 aliphatic heterocycles. The normalized spacial score (nSPS) is 14.6. The quantitative estimate of drug-likeness (QED) is 0.0517. The third-order valence-corrected chi connectivity index (χ3v) is 8.25. The summed E-state index contributed by atoms with van der Waals surface area (Å²) < 4.78 is 33.3. The van der Waals surface area contributed by atoms with Gasteiger partial charge < -0.3 is 53.6 Å². The predicted molar refractivity (Wildman–Crippen MR) is 230 cm³/mol. The van der Waals surface area contributed by atoms with Gasteiger partial charge in [0, 0.05) is 23.8 Å². The Balaban J connectivity index is 0. The number of hydrogen-bond acceptors (Lipinski definition) is 18. The van der Waals surface area contributed by atoms with Crippen LogP contribution in [0.5, 0.6) is 0 Å². The molecule has 2 rings (SSSR count). The molecule has 66 heavy (non-hydrogen) atoms. The molecule has 21 heteroatoms. The van der Waals surface area contributed by atoms with Gasteiger partial charge in [-0.25, -0.2) is 28.8 Å². The molecule has 1 aliphatic carbocycles. The topological polar surface area (TPSA) is 316 Å². The Kier molecular flexibility index (Phi) is 32.5. The maximum atomic E-state index is 11.9. The van der Waals surface area contributed by atoms with Crippen molar-refractivity contribution in [3.05, 3.63) is 85.5 Å². The smallest absolute Gasteiger partial charge is 0.339 e. The molecule has 0 amide bonds. The van der Waals surface area contributed by atoms with Crippen molar-refractivity contribution in [1.82, 2.24) is 0 Å². The number of hydrogen-bond donors (Lipinski definition) is 4. The van der Waals surface area contributed by atoms with E-state index in [1.165, 1.54) is 38.3 Å². The Morgan fingerprint density at radius 3 is 1.68 bits per heavy atom. The molecule has 0 saturated heterocycles. The van der Waals surface area contributed by atoms with Crippen molar-refractivity contribution in [1.29, 1.82) is 0 Å². The van der Waals surface area contributed by atoms with Crippen LogP contribution in [-0.4, -0.2) is 132 Å². The van der Waals surface area contributed by atoms with E-state index in [1.807, 2.05) is 0 Å². The lowest BCUT2D eigenvalue weighted by Crippen LogP contribution is -2.35. The Morgan fingerprint density at radius 2 is 1.23 bits per heavy atom. The lowest BCUT2D eigenvalue weighted by atomic mass is 9.79. The van der Waals surface area contributed by atoms with Gasteiger partial charge in [0.05, 0.1) is 55.6 Å². The van der Waals surface area contributed by atoms with Crippen molar-refractivity contribution in [2.45, 2.75) is 90.4 Å². The number of aliphatic hydroxyl groups is 1. The molecule has 4 N–H and O–H groups in total. The molecule has 1 aromatic carbocycles. The van der Waals surface area contributed by atoms with Gasteiger partial charge in [-0.05, 0) is 58.6 Å². The van der Waals surface area contributed by atoms with Crippen LogP contribution in [0.4, 0.5) is 0 Å². The minimum Gasteiger partial charge on any atom is -0.481 e. The van der Waals surface area contributed by atoms with Gasteiger partial charge in [0.1, 0.15) is 32.0 Å². The number of aromatic carboxylic acids is 1. The van der Waals surface area contributed by atoms with Crippen molar-refractivity contribution in [3.8, 4) is 0 Å². The van der Waals surface area contributed by atoms with Gasteiger partial charge in [0.2, 0.25) is 0 Å². The minimum absolute atomic E-state index is 0.0763. The molecule has 1 fully saturated rings. The molecule has 1 aromatic rings. The van der Waals surface area contributed by atoms with E-state index in [0.717, 1.165) is 31.1 Å². The van der Waals surface area contributed by atoms with Crippen molar-refractivity contribution < 1.29 is 102 Å². The first kappa shape index (κ1) is 60.9. The first-order valence-corrected chi connectivity index (χ1v) is 20.2. The molecule has 1 saturated carbocycles. The number of carbonyl (C=O) groups excluding carboxylic acids is 7. The van der Waals surface area contributed by atoms with E-state index in [1.54, 1.807) is 13.8 Å². The van der Waals surface area contributed by atoms with Gasteiger partial charge in [-0.2, -0.15) is 0 Å². The number of carbonyl (C=O) groups is 10. The standard InChI is InChI=1S/C17H20O7.C14H20O6.C10H14O6.C4H6O2/c1-11(2)16(21)23-9-5-6-12(18)10-24-17(22)14-8-4-3-7-13(14)15(19)20;1-3-12(15)20-9(2)8-19-14(18)11-7-5-4-6-10(11)13(16)17;1-3-9(13)16-7(2)6-15-10(14)5-4-8(11)12;1-3-4(5)6-2/h3-4,7-8,12,18H,1,5-6,9-10H2,2H3,(H,19,20);3,9-11H,1,4-8H2,2H3,(H,16,17);3,7H,1,4-6H2,2H3,(H,11,12);3H,1H2,2H3. The highest BCUT2D eigenvalue weighted by Crippen LogP contribution is 2.31. The van der Waals surface area contributed by atoms with Crippen LogP contribution in [0.2, 0.25) is 0 Å². The molecular weight excluding hydrogens is 876 g/mol. The largest absolute Gasteiger partial charge is 0.481 e. The molecule has 0 spiro atoms. The number of carboxylic acid groups (broad SMARTS) is 3. The van der Waals surface area contributed by atoms with E-state index in [9.17, 15) is 53.1 Å². The van der Waals surface area contributed by atoms with E-state index in [-0.39, 0.29) is 56.8 Å². The Hall–Kier alpha value is -7.16. The van der Waals surface area contributed by atoms with Gasteiger partial charge in [0.15, 0.2) is 0 Å². The molecule has 366 valence electrons. The molecule has 5 atom stereocenters. The van der Waals surface area contributed by atoms with Crippen molar-refractivity contribution in [3.63, 3.8) is 0 Å². The number of aliphatic carboxylic acids is 2. The maximum absolute atomic E-state index is 11.9. The van der Waals surface area contributed by atoms with Gasteiger partial charge in [-0.1, -0.05) is 51.3 Å². The number of aliphatic hydroxyl groups excluding tert-OH is 1. The summed E-state index contributed by atoms with van der Waals surface area (Å²) >= 11 is 0. The molecule has 0 aromatic heterocycles. The number of methoxy groups -OCH3 is 1. The molecule has 0 bridgehead atoms. The van der Waals surface area contributed by atoms with Gasteiger partial charge in [-0.3, -0.25) is 19.2 Å². The summed E-state index contributed by atoms with van der Waals surface area (Å²) in [6.07, 6.45) is 3.87. The van der Waals surface area contributed by atoms with Gasteiger partial charge in [0.25, 0.3) is 0 Å². The van der Waals surface area contributed by atoms with Crippen LogP contribution in [0.15, 0.2) is 74.4 Å². The number of benzene rings is 1. The molecule has 5 unspecified atom stereocenters. The van der Waals surface area contributed by atoms with Crippen LogP contribution in [0.1, 0.15) is 92.9 Å². The lowest BCUT2D eigenvalue weighted by molar-refractivity contribution is -0.164. The van der Waals surface area contributed by atoms with Crippen molar-refractivity contribution >= 4 is 59.7 Å². The first-order valence-electron chi connectivity index (χ1n) is 20.2. The third kappa shape index (κ3) is 29.3. The predicted octanol–water partition coefficient (Wildman–Crippen LogP) is 4.20. The van der Waals surface area contributed by atoms with Gasteiger partial charge in [-0.15, -0.1) is 0 Å². The summed E-state index contributed by atoms with van der Waals surface area (Å²) in [5.41, 5.74) is 0.0536. The van der Waals surface area contributed by atoms with Crippen molar-refractivity contribution in [2.75, 3.05) is 33.5 Å². The average Bonchev–Trinajstić information content (AvgIpc) is 3.29. The summed E-state index contributed by atoms with van der Waals surface area (Å²) in [6.45, 7) is 17.4. The summed E-state index contributed by atoms with van der Waals surface area (Å²) in [6, 6.07) is 5.66. The third-order valence-electron chi connectivity index (χ3n) is 8.25. The van der Waals surface area contributed by atoms with E-state index in [2.05, 4.69) is 35.8 Å². The van der Waals surface area contributed by atoms with Crippen LogP contribution in [0, 0.1) is 11.8 Å². The fourth-order valence-electron chi connectivity index (χ4n) is 4.94. The number of ether oxygens (including phenoxy) is 7. The second-order valence-corrected chi connectivity index (χ2v) is 13.8. The van der Waals surface area contributed by atoms with E-state index >= 15 is 0 Å². The average molecular weight is 937 g/mol. The molecular formula is C45H60O21. The number of rotatable bonds is 23. The maximum Gasteiger partial charge on any atom is 0.339 e. The van der Waals surface area contributed by atoms with Crippen LogP contribution < -0.4 is 0 Å². The zero-order valence-corrected chi connectivity index (χ0v) is 37.5. The summed E-state index contributed by atoms with van der Waals surface area (Å²) in [5, 5.41) is 36.2.